The van der Waals surface area contributed by atoms with Gasteiger partial charge in [-0.3, -0.25) is 4.79 Å². The summed E-state index contributed by atoms with van der Waals surface area (Å²) in [6.07, 6.45) is 0.112. The molecule has 1 N–H and O–H groups in total. The Hall–Kier alpha value is -2.87. The molecule has 0 saturated carbocycles. The number of aliphatic carboxylic acids is 1. The highest BCUT2D eigenvalue weighted by atomic mass is 16.4. The number of hydrogen-bond acceptors (Lipinski definition) is 1. The lowest BCUT2D eigenvalue weighted by molar-refractivity contribution is -0.136. The van der Waals surface area contributed by atoms with Crippen molar-refractivity contribution in [3.8, 4) is 11.1 Å². The first-order valence-corrected chi connectivity index (χ1v) is 7.12. The van der Waals surface area contributed by atoms with Crippen molar-refractivity contribution in [2.45, 2.75) is 6.42 Å². The standard InChI is InChI=1S/C12H10.C8H8O2/c1-3-7-11(8-4-1)12-9-5-2-6-10-12;9-8(10)6-7-4-2-1-3-5-7/h1-10H;1-5H,6H2,(H,9,10). The van der Waals surface area contributed by atoms with E-state index in [-0.39, 0.29) is 6.42 Å². The van der Waals surface area contributed by atoms with Gasteiger partial charge in [-0.05, 0) is 16.7 Å². The molecule has 0 bridgehead atoms. The minimum absolute atomic E-state index is 0.112. The summed E-state index contributed by atoms with van der Waals surface area (Å²) in [6.45, 7) is 0. The maximum atomic E-state index is 10.2. The lowest BCUT2D eigenvalue weighted by Crippen LogP contribution is -1.98. The molecule has 2 nitrogen and oxygen atoms in total. The number of carboxylic acids is 1. The van der Waals surface area contributed by atoms with Crippen molar-refractivity contribution < 1.29 is 9.90 Å². The molecule has 0 aliphatic carbocycles. The number of carbonyl (C=O) groups is 1. The van der Waals surface area contributed by atoms with Gasteiger partial charge in [0.2, 0.25) is 0 Å². The van der Waals surface area contributed by atoms with Crippen molar-refractivity contribution in [1.82, 2.24) is 0 Å². The van der Waals surface area contributed by atoms with Gasteiger partial charge in [0, 0.05) is 0 Å². The second kappa shape index (κ2) is 8.42. The maximum absolute atomic E-state index is 10.2. The van der Waals surface area contributed by atoms with Crippen molar-refractivity contribution in [1.29, 1.82) is 0 Å². The van der Waals surface area contributed by atoms with Gasteiger partial charge in [0.25, 0.3) is 0 Å². The van der Waals surface area contributed by atoms with Crippen LogP contribution < -0.4 is 0 Å². The van der Waals surface area contributed by atoms with Crippen molar-refractivity contribution in [2.24, 2.45) is 0 Å². The Labute approximate surface area is 130 Å². The highest BCUT2D eigenvalue weighted by Crippen LogP contribution is 2.17. The van der Waals surface area contributed by atoms with E-state index in [1.54, 1.807) is 12.1 Å². The number of carboxylic acid groups (broad SMARTS) is 1. The van der Waals surface area contributed by atoms with E-state index in [1.165, 1.54) is 11.1 Å². The molecule has 0 fully saturated rings. The molecule has 22 heavy (non-hydrogen) atoms. The highest BCUT2D eigenvalue weighted by Gasteiger charge is 1.96. The van der Waals surface area contributed by atoms with E-state index in [0.717, 1.165) is 5.56 Å². The van der Waals surface area contributed by atoms with E-state index < -0.39 is 5.97 Å². The molecule has 2 heteroatoms. The SMILES string of the molecule is O=C(O)Cc1ccccc1.c1ccc(-c2ccccc2)cc1. The van der Waals surface area contributed by atoms with E-state index in [2.05, 4.69) is 48.5 Å². The van der Waals surface area contributed by atoms with E-state index in [0.29, 0.717) is 0 Å². The van der Waals surface area contributed by atoms with Gasteiger partial charge in [-0.15, -0.1) is 0 Å². The average molecular weight is 290 g/mol. The summed E-state index contributed by atoms with van der Waals surface area (Å²) < 4.78 is 0. The summed E-state index contributed by atoms with van der Waals surface area (Å²) in [5.74, 6) is -0.786. The fourth-order valence-electron chi connectivity index (χ4n) is 2.03. The Morgan fingerprint density at radius 1 is 0.636 bits per heavy atom. The topological polar surface area (TPSA) is 37.3 Å². The van der Waals surface area contributed by atoms with Crippen molar-refractivity contribution >= 4 is 5.97 Å². The van der Waals surface area contributed by atoms with E-state index in [9.17, 15) is 4.79 Å². The highest BCUT2D eigenvalue weighted by molar-refractivity contribution is 5.70. The molecule has 0 spiro atoms. The van der Waals surface area contributed by atoms with Crippen LogP contribution in [-0.4, -0.2) is 11.1 Å². The Kier molecular flexibility index (Phi) is 5.94. The summed E-state index contributed by atoms with van der Waals surface area (Å²) in [5.41, 5.74) is 3.39. The predicted octanol–water partition coefficient (Wildman–Crippen LogP) is 4.67. The minimum Gasteiger partial charge on any atom is -0.481 e. The van der Waals surface area contributed by atoms with Crippen LogP contribution in [0.3, 0.4) is 0 Å². The molecule has 110 valence electrons. The average Bonchev–Trinajstić information content (AvgIpc) is 2.57. The van der Waals surface area contributed by atoms with Crippen molar-refractivity contribution in [3.63, 3.8) is 0 Å². The smallest absolute Gasteiger partial charge is 0.307 e. The molecule has 0 aliphatic heterocycles. The lowest BCUT2D eigenvalue weighted by atomic mass is 10.1. The van der Waals surface area contributed by atoms with Crippen LogP contribution in [0.15, 0.2) is 91.0 Å². The quantitative estimate of drug-likeness (QED) is 0.761. The molecule has 0 radical (unpaired) electrons. The van der Waals surface area contributed by atoms with Gasteiger partial charge in [0.05, 0.1) is 6.42 Å². The predicted molar refractivity (Wildman–Crippen MR) is 89.7 cm³/mol. The monoisotopic (exact) mass is 290 g/mol. The number of hydrogen-bond donors (Lipinski definition) is 1. The first kappa shape index (κ1) is 15.5. The number of benzene rings is 3. The lowest BCUT2D eigenvalue weighted by Gasteiger charge is -1.98. The minimum atomic E-state index is -0.786. The van der Waals surface area contributed by atoms with Crippen LogP contribution in [0.5, 0.6) is 0 Å². The fourth-order valence-corrected chi connectivity index (χ4v) is 2.03. The molecule has 0 aromatic heterocycles. The Balaban J connectivity index is 0.000000164. The van der Waals surface area contributed by atoms with E-state index >= 15 is 0 Å². The summed E-state index contributed by atoms with van der Waals surface area (Å²) in [6, 6.07) is 29.9. The van der Waals surface area contributed by atoms with Crippen LogP contribution in [0, 0.1) is 0 Å². The third kappa shape index (κ3) is 5.25. The normalized spacial score (nSPS) is 9.45. The molecule has 0 aliphatic rings. The van der Waals surface area contributed by atoms with Crippen LogP contribution in [0.1, 0.15) is 5.56 Å². The fraction of sp³-hybridized carbons (Fsp3) is 0.0500. The summed E-state index contributed by atoms with van der Waals surface area (Å²) in [4.78, 5) is 10.2. The van der Waals surface area contributed by atoms with E-state index in [4.69, 9.17) is 5.11 Å². The molecular weight excluding hydrogens is 272 g/mol. The molecule has 3 aromatic rings. The summed E-state index contributed by atoms with van der Waals surface area (Å²) >= 11 is 0. The van der Waals surface area contributed by atoms with Gasteiger partial charge >= 0.3 is 5.97 Å². The second-order valence-electron chi connectivity index (χ2n) is 4.79. The Bertz CT molecular complexity index is 639. The number of rotatable bonds is 3. The van der Waals surface area contributed by atoms with Gasteiger partial charge in [0.1, 0.15) is 0 Å². The Morgan fingerprint density at radius 3 is 1.36 bits per heavy atom. The molecule has 0 amide bonds. The van der Waals surface area contributed by atoms with Gasteiger partial charge < -0.3 is 5.11 Å². The molecule has 0 atom stereocenters. The third-order valence-electron chi connectivity index (χ3n) is 3.08. The van der Waals surface area contributed by atoms with Gasteiger partial charge in [0.15, 0.2) is 0 Å². The summed E-state index contributed by atoms with van der Waals surface area (Å²) in [7, 11) is 0. The maximum Gasteiger partial charge on any atom is 0.307 e. The zero-order valence-electron chi connectivity index (χ0n) is 12.2. The zero-order valence-corrected chi connectivity index (χ0v) is 12.2. The molecule has 3 rings (SSSR count). The molecule has 0 unspecified atom stereocenters. The molecule has 0 heterocycles. The van der Waals surface area contributed by atoms with Crippen LogP contribution in [0.2, 0.25) is 0 Å². The first-order chi connectivity index (χ1) is 10.8. The molecular formula is C20H18O2. The van der Waals surface area contributed by atoms with Crippen LogP contribution in [0.4, 0.5) is 0 Å². The molecule has 0 saturated heterocycles. The van der Waals surface area contributed by atoms with Gasteiger partial charge in [-0.25, -0.2) is 0 Å². The van der Waals surface area contributed by atoms with Gasteiger partial charge in [-0.2, -0.15) is 0 Å². The van der Waals surface area contributed by atoms with Crippen LogP contribution in [-0.2, 0) is 11.2 Å². The van der Waals surface area contributed by atoms with Gasteiger partial charge in [-0.1, -0.05) is 91.0 Å². The van der Waals surface area contributed by atoms with Crippen molar-refractivity contribution in [3.05, 3.63) is 96.6 Å². The van der Waals surface area contributed by atoms with Crippen LogP contribution >= 0.6 is 0 Å². The Morgan fingerprint density at radius 2 is 1.00 bits per heavy atom. The first-order valence-electron chi connectivity index (χ1n) is 7.12. The third-order valence-corrected chi connectivity index (χ3v) is 3.08. The summed E-state index contributed by atoms with van der Waals surface area (Å²) in [5, 5.41) is 8.37. The second-order valence-corrected chi connectivity index (χ2v) is 4.79. The zero-order chi connectivity index (χ0) is 15.6. The van der Waals surface area contributed by atoms with Crippen molar-refractivity contribution in [2.75, 3.05) is 0 Å². The molecule has 3 aromatic carbocycles. The largest absolute Gasteiger partial charge is 0.481 e. The van der Waals surface area contributed by atoms with Crippen LogP contribution in [0.25, 0.3) is 11.1 Å². The van der Waals surface area contributed by atoms with E-state index in [1.807, 2.05) is 30.3 Å².